The molecule has 122 valence electrons. The van der Waals surface area contributed by atoms with Crippen LogP contribution in [0.2, 0.25) is 0 Å². The summed E-state index contributed by atoms with van der Waals surface area (Å²) in [6.07, 6.45) is 18.7. The first kappa shape index (κ1) is 17.0. The molecule has 0 heterocycles. The molecule has 0 spiro atoms. The maximum Gasteiger partial charge on any atom is 0.126 e. The van der Waals surface area contributed by atoms with E-state index in [0.717, 1.165) is 12.3 Å². The van der Waals surface area contributed by atoms with Crippen molar-refractivity contribution in [2.75, 3.05) is 0 Å². The molecule has 2 rings (SSSR count). The topological polar surface area (TPSA) is 17.1 Å². The molecule has 0 aromatic heterocycles. The smallest absolute Gasteiger partial charge is 0.126 e. The summed E-state index contributed by atoms with van der Waals surface area (Å²) in [4.78, 5) is 12.1. The Labute approximate surface area is 132 Å². The lowest BCUT2D eigenvalue weighted by atomic mass is 9.57. The Morgan fingerprint density at radius 1 is 0.905 bits per heavy atom. The Balaban J connectivity index is 1.97. The Bertz CT molecular complexity index is 297. The summed E-state index contributed by atoms with van der Waals surface area (Å²) in [6, 6.07) is 0. The van der Waals surface area contributed by atoms with Gasteiger partial charge in [0, 0.05) is 5.41 Å². The fourth-order valence-electron chi connectivity index (χ4n) is 5.31. The summed E-state index contributed by atoms with van der Waals surface area (Å²) >= 11 is 0. The molecule has 0 aliphatic heterocycles. The summed E-state index contributed by atoms with van der Waals surface area (Å²) in [5.74, 6) is 2.32. The number of carbonyl (C=O) groups is 1. The number of hydrogen-bond donors (Lipinski definition) is 0. The summed E-state index contributed by atoms with van der Waals surface area (Å²) in [5.41, 5.74) is 0.0240. The molecule has 1 heteroatoms. The molecule has 21 heavy (non-hydrogen) atoms. The average Bonchev–Trinajstić information content (AvgIpc) is 2.57. The summed E-state index contributed by atoms with van der Waals surface area (Å²) in [6.45, 7) is 4.56. The van der Waals surface area contributed by atoms with E-state index >= 15 is 0 Å². The second-order valence-electron chi connectivity index (χ2n) is 7.78. The molecular formula is C20H36O. The van der Waals surface area contributed by atoms with Gasteiger partial charge in [0.05, 0.1) is 0 Å². The van der Waals surface area contributed by atoms with Gasteiger partial charge in [0.25, 0.3) is 0 Å². The number of carbonyl (C=O) groups excluding carboxylic acids is 1. The second-order valence-corrected chi connectivity index (χ2v) is 7.78. The van der Waals surface area contributed by atoms with E-state index in [1.54, 1.807) is 0 Å². The van der Waals surface area contributed by atoms with Crippen molar-refractivity contribution >= 4 is 6.29 Å². The van der Waals surface area contributed by atoms with E-state index in [-0.39, 0.29) is 5.41 Å². The largest absolute Gasteiger partial charge is 0.303 e. The zero-order chi connectivity index (χ0) is 15.1. The molecule has 2 aliphatic rings. The van der Waals surface area contributed by atoms with Gasteiger partial charge in [-0.25, -0.2) is 0 Å². The third kappa shape index (κ3) is 3.90. The normalized spacial score (nSPS) is 30.8. The van der Waals surface area contributed by atoms with Crippen molar-refractivity contribution in [3.8, 4) is 0 Å². The molecule has 1 atom stereocenters. The van der Waals surface area contributed by atoms with Gasteiger partial charge in [-0.05, 0) is 49.9 Å². The van der Waals surface area contributed by atoms with Gasteiger partial charge in [-0.3, -0.25) is 0 Å². The Morgan fingerprint density at radius 2 is 1.52 bits per heavy atom. The summed E-state index contributed by atoms with van der Waals surface area (Å²) < 4.78 is 0. The van der Waals surface area contributed by atoms with Gasteiger partial charge in [0.1, 0.15) is 6.29 Å². The van der Waals surface area contributed by atoms with Crippen molar-refractivity contribution in [1.29, 1.82) is 0 Å². The summed E-state index contributed by atoms with van der Waals surface area (Å²) in [7, 11) is 0. The van der Waals surface area contributed by atoms with Crippen LogP contribution in [0, 0.1) is 23.2 Å². The maximum absolute atomic E-state index is 12.1. The van der Waals surface area contributed by atoms with Crippen LogP contribution in [0.25, 0.3) is 0 Å². The van der Waals surface area contributed by atoms with Crippen molar-refractivity contribution in [3.63, 3.8) is 0 Å². The molecule has 1 unspecified atom stereocenters. The van der Waals surface area contributed by atoms with Crippen LogP contribution < -0.4 is 0 Å². The van der Waals surface area contributed by atoms with E-state index in [0.29, 0.717) is 11.8 Å². The quantitative estimate of drug-likeness (QED) is 0.514. The van der Waals surface area contributed by atoms with Crippen molar-refractivity contribution in [2.45, 2.75) is 97.3 Å². The highest BCUT2D eigenvalue weighted by Crippen LogP contribution is 2.50. The van der Waals surface area contributed by atoms with E-state index in [2.05, 4.69) is 13.8 Å². The van der Waals surface area contributed by atoms with Crippen molar-refractivity contribution in [1.82, 2.24) is 0 Å². The zero-order valence-corrected chi connectivity index (χ0v) is 14.4. The number of hydrogen-bond acceptors (Lipinski definition) is 1. The van der Waals surface area contributed by atoms with E-state index in [1.165, 1.54) is 83.3 Å². The predicted octanol–water partition coefficient (Wildman–Crippen LogP) is 6.16. The van der Waals surface area contributed by atoms with Gasteiger partial charge in [0.2, 0.25) is 0 Å². The van der Waals surface area contributed by atoms with Gasteiger partial charge >= 0.3 is 0 Å². The van der Waals surface area contributed by atoms with Crippen LogP contribution in [0.4, 0.5) is 0 Å². The molecular weight excluding hydrogens is 256 g/mol. The fourth-order valence-corrected chi connectivity index (χ4v) is 5.31. The Hall–Kier alpha value is -0.330. The number of rotatable bonds is 7. The minimum atomic E-state index is 0.0240. The number of unbranched alkanes of at least 4 members (excludes halogenated alkanes) is 1. The Morgan fingerprint density at radius 3 is 2.05 bits per heavy atom. The standard InChI is InChI=1S/C20H36O/c1-3-5-9-17-12-14-19(15-13-17)20(4-2,16-21)18-10-7-6-8-11-18/h16-19H,3-15H2,1-2H3/t17-,19-,20?. The minimum absolute atomic E-state index is 0.0240. The molecule has 1 nitrogen and oxygen atoms in total. The SMILES string of the molecule is CCCC[C@H]1CC[C@H](C(C=O)(CC)C2CCCCC2)CC1. The molecule has 0 saturated heterocycles. The van der Waals surface area contributed by atoms with E-state index in [1.807, 2.05) is 0 Å². The fraction of sp³-hybridized carbons (Fsp3) is 0.950. The first-order valence-corrected chi connectivity index (χ1v) is 9.73. The second kappa shape index (κ2) is 8.34. The molecule has 2 fully saturated rings. The zero-order valence-electron chi connectivity index (χ0n) is 14.4. The lowest BCUT2D eigenvalue weighted by molar-refractivity contribution is -0.126. The van der Waals surface area contributed by atoms with Crippen molar-refractivity contribution in [3.05, 3.63) is 0 Å². The van der Waals surface area contributed by atoms with Crippen LogP contribution in [0.1, 0.15) is 97.3 Å². The van der Waals surface area contributed by atoms with Crippen LogP contribution in [-0.2, 0) is 4.79 Å². The highest BCUT2D eigenvalue weighted by molar-refractivity contribution is 5.60. The predicted molar refractivity (Wildman–Crippen MR) is 90.3 cm³/mol. The molecule has 2 saturated carbocycles. The monoisotopic (exact) mass is 292 g/mol. The van der Waals surface area contributed by atoms with Gasteiger partial charge in [0.15, 0.2) is 0 Å². The third-order valence-electron chi connectivity index (χ3n) is 6.77. The Kier molecular flexibility index (Phi) is 6.76. The lowest BCUT2D eigenvalue weighted by Crippen LogP contribution is -2.42. The molecule has 0 bridgehead atoms. The van der Waals surface area contributed by atoms with Crippen LogP contribution in [0.5, 0.6) is 0 Å². The summed E-state index contributed by atoms with van der Waals surface area (Å²) in [5, 5.41) is 0. The van der Waals surface area contributed by atoms with Crippen LogP contribution in [0.3, 0.4) is 0 Å². The van der Waals surface area contributed by atoms with Crippen LogP contribution in [-0.4, -0.2) is 6.29 Å². The van der Waals surface area contributed by atoms with E-state index < -0.39 is 0 Å². The van der Waals surface area contributed by atoms with Crippen molar-refractivity contribution in [2.24, 2.45) is 23.2 Å². The number of aldehydes is 1. The first-order chi connectivity index (χ1) is 10.3. The molecule has 2 aliphatic carbocycles. The average molecular weight is 293 g/mol. The molecule has 0 radical (unpaired) electrons. The first-order valence-electron chi connectivity index (χ1n) is 9.73. The van der Waals surface area contributed by atoms with E-state index in [4.69, 9.17) is 0 Å². The molecule has 0 aromatic carbocycles. The van der Waals surface area contributed by atoms with Gasteiger partial charge in [-0.1, -0.05) is 65.2 Å². The van der Waals surface area contributed by atoms with Crippen LogP contribution >= 0.6 is 0 Å². The van der Waals surface area contributed by atoms with Gasteiger partial charge in [-0.2, -0.15) is 0 Å². The van der Waals surface area contributed by atoms with Crippen molar-refractivity contribution < 1.29 is 4.79 Å². The molecule has 0 N–H and O–H groups in total. The lowest BCUT2D eigenvalue weighted by Gasteiger charge is -2.46. The minimum Gasteiger partial charge on any atom is -0.303 e. The van der Waals surface area contributed by atoms with E-state index in [9.17, 15) is 4.79 Å². The van der Waals surface area contributed by atoms with Crippen LogP contribution in [0.15, 0.2) is 0 Å². The molecule has 0 amide bonds. The maximum atomic E-state index is 12.1. The third-order valence-corrected chi connectivity index (χ3v) is 6.77. The molecule has 0 aromatic rings. The van der Waals surface area contributed by atoms with Gasteiger partial charge < -0.3 is 4.79 Å². The highest BCUT2D eigenvalue weighted by Gasteiger charge is 2.44. The highest BCUT2D eigenvalue weighted by atomic mass is 16.1. The van der Waals surface area contributed by atoms with Gasteiger partial charge in [-0.15, -0.1) is 0 Å².